The fourth-order valence-electron chi connectivity index (χ4n) is 2.79. The fourth-order valence-corrected chi connectivity index (χ4v) is 2.79. The number of carbonyl (C=O) groups is 1. The highest BCUT2D eigenvalue weighted by atomic mass is 19.1. The number of nitrogens with two attached hydrogens (primary N) is 1. The van der Waals surface area contributed by atoms with Crippen molar-refractivity contribution in [3.63, 3.8) is 0 Å². The van der Waals surface area contributed by atoms with Crippen molar-refractivity contribution in [2.75, 3.05) is 10.6 Å². The van der Waals surface area contributed by atoms with E-state index < -0.39 is 11.8 Å². The molecule has 4 N–H and O–H groups in total. The molecule has 0 saturated heterocycles. The van der Waals surface area contributed by atoms with E-state index in [-0.39, 0.29) is 0 Å². The largest absolute Gasteiger partial charge is 0.457 e. The summed E-state index contributed by atoms with van der Waals surface area (Å²) in [5.74, 6) is 0.775. The molecule has 30 heavy (non-hydrogen) atoms. The quantitative estimate of drug-likeness (QED) is 0.450. The number of anilines is 2. The van der Waals surface area contributed by atoms with Gasteiger partial charge in [-0.1, -0.05) is 6.07 Å². The standard InChI is InChI=1S/C22H18FN5O2/c23-14-2-1-3-16(10-14)28-22(29)27-15-4-6-18(7-5-15)30-19-8-9-20-21(11-19)26-17(12-24)13-25-20/h1-11,13H,12,24H2,(H2,27,28,29). The maximum Gasteiger partial charge on any atom is 0.323 e. The molecule has 0 fully saturated rings. The van der Waals surface area contributed by atoms with Crippen molar-refractivity contribution in [3.8, 4) is 11.5 Å². The lowest BCUT2D eigenvalue weighted by Gasteiger charge is -2.10. The summed E-state index contributed by atoms with van der Waals surface area (Å²) in [7, 11) is 0. The number of hydrogen-bond acceptors (Lipinski definition) is 5. The van der Waals surface area contributed by atoms with Gasteiger partial charge in [-0.25, -0.2) is 14.2 Å². The van der Waals surface area contributed by atoms with E-state index in [1.54, 1.807) is 48.7 Å². The number of rotatable bonds is 5. The topological polar surface area (TPSA) is 102 Å². The van der Waals surface area contributed by atoms with E-state index in [9.17, 15) is 9.18 Å². The Hall–Kier alpha value is -4.04. The summed E-state index contributed by atoms with van der Waals surface area (Å²) in [6.07, 6.45) is 1.65. The van der Waals surface area contributed by atoms with Crippen molar-refractivity contribution in [1.82, 2.24) is 9.97 Å². The highest BCUT2D eigenvalue weighted by Gasteiger charge is 2.06. The molecule has 0 spiro atoms. The van der Waals surface area contributed by atoms with Crippen LogP contribution in [0.5, 0.6) is 11.5 Å². The zero-order valence-corrected chi connectivity index (χ0v) is 15.8. The number of carbonyl (C=O) groups excluding carboxylic acids is 1. The van der Waals surface area contributed by atoms with Gasteiger partial charge in [0.25, 0.3) is 0 Å². The van der Waals surface area contributed by atoms with Crippen LogP contribution >= 0.6 is 0 Å². The Morgan fingerprint density at radius 1 is 0.933 bits per heavy atom. The number of nitrogens with zero attached hydrogens (tertiary/aromatic N) is 2. The monoisotopic (exact) mass is 403 g/mol. The number of urea groups is 1. The molecule has 8 heteroatoms. The second-order valence-corrected chi connectivity index (χ2v) is 6.43. The van der Waals surface area contributed by atoms with Crippen LogP contribution in [0.2, 0.25) is 0 Å². The second kappa shape index (κ2) is 8.54. The van der Waals surface area contributed by atoms with Crippen LogP contribution in [0.1, 0.15) is 5.69 Å². The van der Waals surface area contributed by atoms with Gasteiger partial charge >= 0.3 is 6.03 Å². The van der Waals surface area contributed by atoms with Gasteiger partial charge in [-0.2, -0.15) is 0 Å². The third-order valence-corrected chi connectivity index (χ3v) is 4.20. The van der Waals surface area contributed by atoms with Crippen LogP contribution in [-0.2, 0) is 6.54 Å². The zero-order chi connectivity index (χ0) is 20.9. The van der Waals surface area contributed by atoms with Crippen LogP contribution in [0, 0.1) is 5.82 Å². The summed E-state index contributed by atoms with van der Waals surface area (Å²) in [6, 6.07) is 17.5. The van der Waals surface area contributed by atoms with Crippen molar-refractivity contribution in [3.05, 3.63) is 84.4 Å². The van der Waals surface area contributed by atoms with E-state index >= 15 is 0 Å². The lowest BCUT2D eigenvalue weighted by Crippen LogP contribution is -2.19. The predicted molar refractivity (Wildman–Crippen MR) is 113 cm³/mol. The average Bonchev–Trinajstić information content (AvgIpc) is 2.74. The number of nitrogens with one attached hydrogen (secondary N) is 2. The molecule has 0 unspecified atom stereocenters. The summed E-state index contributed by atoms with van der Waals surface area (Å²) >= 11 is 0. The number of aromatic nitrogens is 2. The maximum absolute atomic E-state index is 13.2. The van der Waals surface area contributed by atoms with Crippen LogP contribution in [0.25, 0.3) is 11.0 Å². The Bertz CT molecular complexity index is 1200. The lowest BCUT2D eigenvalue weighted by molar-refractivity contribution is 0.262. The number of fused-ring (bicyclic) bond motifs is 1. The molecule has 3 aromatic carbocycles. The fraction of sp³-hybridized carbons (Fsp3) is 0.0455. The Morgan fingerprint density at radius 3 is 2.47 bits per heavy atom. The van der Waals surface area contributed by atoms with Crippen molar-refractivity contribution >= 4 is 28.4 Å². The van der Waals surface area contributed by atoms with Crippen LogP contribution < -0.4 is 21.1 Å². The van der Waals surface area contributed by atoms with Gasteiger partial charge in [0.1, 0.15) is 17.3 Å². The minimum atomic E-state index is -0.474. The number of hydrogen-bond donors (Lipinski definition) is 3. The second-order valence-electron chi connectivity index (χ2n) is 6.43. The van der Waals surface area contributed by atoms with E-state index in [2.05, 4.69) is 20.6 Å². The molecule has 0 radical (unpaired) electrons. The first-order valence-electron chi connectivity index (χ1n) is 9.16. The Kier molecular flexibility index (Phi) is 5.49. The Labute approximate surface area is 171 Å². The van der Waals surface area contributed by atoms with E-state index in [1.165, 1.54) is 18.2 Å². The van der Waals surface area contributed by atoms with Crippen molar-refractivity contribution in [2.24, 2.45) is 5.73 Å². The predicted octanol–water partition coefficient (Wildman–Crippen LogP) is 4.66. The number of halogens is 1. The maximum atomic E-state index is 13.2. The molecule has 7 nitrogen and oxygen atoms in total. The molecule has 0 aliphatic rings. The molecular weight excluding hydrogens is 385 g/mol. The van der Waals surface area contributed by atoms with Crippen LogP contribution in [-0.4, -0.2) is 16.0 Å². The molecule has 0 aliphatic heterocycles. The van der Waals surface area contributed by atoms with E-state index in [4.69, 9.17) is 10.5 Å². The minimum Gasteiger partial charge on any atom is -0.457 e. The van der Waals surface area contributed by atoms with Gasteiger partial charge < -0.3 is 21.1 Å². The minimum absolute atomic E-state index is 0.315. The highest BCUT2D eigenvalue weighted by Crippen LogP contribution is 2.25. The summed E-state index contributed by atoms with van der Waals surface area (Å²) in [5.41, 5.74) is 8.70. The van der Waals surface area contributed by atoms with Crippen LogP contribution in [0.3, 0.4) is 0 Å². The molecule has 4 rings (SSSR count). The smallest absolute Gasteiger partial charge is 0.323 e. The highest BCUT2D eigenvalue weighted by molar-refractivity contribution is 5.99. The molecule has 0 saturated carbocycles. The summed E-state index contributed by atoms with van der Waals surface area (Å²) in [5, 5.41) is 5.25. The van der Waals surface area contributed by atoms with Crippen LogP contribution in [0.4, 0.5) is 20.6 Å². The van der Waals surface area contributed by atoms with E-state index in [1.807, 2.05) is 6.07 Å². The van der Waals surface area contributed by atoms with Crippen LogP contribution in [0.15, 0.2) is 72.9 Å². The van der Waals surface area contributed by atoms with Gasteiger partial charge in [-0.3, -0.25) is 4.98 Å². The number of ether oxygens (including phenoxy) is 1. The molecular formula is C22H18FN5O2. The molecule has 0 aliphatic carbocycles. The summed E-state index contributed by atoms with van der Waals surface area (Å²) in [4.78, 5) is 20.8. The Balaban J connectivity index is 1.41. The molecule has 1 heterocycles. The molecule has 150 valence electrons. The average molecular weight is 403 g/mol. The van der Waals surface area contributed by atoms with Gasteiger partial charge in [0.2, 0.25) is 0 Å². The van der Waals surface area contributed by atoms with Crippen molar-refractivity contribution < 1.29 is 13.9 Å². The normalized spacial score (nSPS) is 10.6. The zero-order valence-electron chi connectivity index (χ0n) is 15.8. The first kappa shape index (κ1) is 19.3. The van der Waals surface area contributed by atoms with Gasteiger partial charge in [0.05, 0.1) is 22.9 Å². The number of amides is 2. The van der Waals surface area contributed by atoms with E-state index in [0.717, 1.165) is 5.52 Å². The molecule has 2 amide bonds. The van der Waals surface area contributed by atoms with Gasteiger partial charge in [0, 0.05) is 24.0 Å². The SMILES string of the molecule is NCc1cnc2ccc(Oc3ccc(NC(=O)Nc4cccc(F)c4)cc3)cc2n1. The Morgan fingerprint density at radius 2 is 1.70 bits per heavy atom. The van der Waals surface area contributed by atoms with Crippen molar-refractivity contribution in [1.29, 1.82) is 0 Å². The number of benzene rings is 3. The third-order valence-electron chi connectivity index (χ3n) is 4.20. The lowest BCUT2D eigenvalue weighted by atomic mass is 10.2. The first-order chi connectivity index (χ1) is 14.6. The summed E-state index contributed by atoms with van der Waals surface area (Å²) < 4.78 is 19.1. The molecule has 0 atom stereocenters. The van der Waals surface area contributed by atoms with Crippen molar-refractivity contribution in [2.45, 2.75) is 6.54 Å². The summed E-state index contributed by atoms with van der Waals surface area (Å²) in [6.45, 7) is 0.315. The first-order valence-corrected chi connectivity index (χ1v) is 9.16. The molecule has 4 aromatic rings. The molecule has 1 aromatic heterocycles. The van der Waals surface area contributed by atoms with E-state index in [0.29, 0.717) is 40.6 Å². The van der Waals surface area contributed by atoms with Gasteiger partial charge in [-0.05, 0) is 54.6 Å². The van der Waals surface area contributed by atoms with Gasteiger partial charge in [0.15, 0.2) is 0 Å². The third kappa shape index (κ3) is 4.68. The molecule has 0 bridgehead atoms. The van der Waals surface area contributed by atoms with Gasteiger partial charge in [-0.15, -0.1) is 0 Å².